The molecule has 0 radical (unpaired) electrons. The van der Waals surface area contributed by atoms with Crippen molar-refractivity contribution in [3.05, 3.63) is 70.0 Å². The van der Waals surface area contributed by atoms with E-state index in [1.54, 1.807) is 11.0 Å². The van der Waals surface area contributed by atoms with Crippen LogP contribution in [0.5, 0.6) is 0 Å². The molecule has 0 unspecified atom stereocenters. The predicted molar refractivity (Wildman–Crippen MR) is 134 cm³/mol. The first-order valence-electron chi connectivity index (χ1n) is 13.0. The van der Waals surface area contributed by atoms with Gasteiger partial charge in [-0.25, -0.2) is 4.39 Å². The first-order valence-corrected chi connectivity index (χ1v) is 13.4. The minimum Gasteiger partial charge on any atom is -0.369 e. The van der Waals surface area contributed by atoms with Crippen molar-refractivity contribution in [2.24, 2.45) is 5.92 Å². The molecule has 1 aliphatic carbocycles. The molecule has 214 valence electrons. The molecule has 2 aliphatic heterocycles. The number of piperidine rings is 1. The van der Waals surface area contributed by atoms with Crippen LogP contribution in [0.25, 0.3) is 5.69 Å². The van der Waals surface area contributed by atoms with Gasteiger partial charge in [-0.05, 0) is 61.6 Å². The molecule has 1 saturated carbocycles. The Hall–Kier alpha value is -2.86. The van der Waals surface area contributed by atoms with E-state index in [2.05, 4.69) is 10.2 Å². The Morgan fingerprint density at radius 2 is 1.60 bits per heavy atom. The van der Waals surface area contributed by atoms with Crippen LogP contribution in [-0.2, 0) is 19.3 Å². The average molecular weight is 588 g/mol. The molecular weight excluding hydrogens is 563 g/mol. The second-order valence-electron chi connectivity index (χ2n) is 10.7. The molecule has 0 atom stereocenters. The standard InChI is InChI=1S/C27H25ClF7N5/c28-18-4-5-21-16(10-18)13-39(19-11-17(12-19)26(30,31)32)14-23-36-37-25(40(21)23)15-6-8-38(9-7-15)22-3-1-2-20(24(22)29)27(33,34)35/h1-5,10,15,17,19H,6-9,11-14H2. The lowest BCUT2D eigenvalue weighted by Crippen LogP contribution is -2.48. The van der Waals surface area contributed by atoms with E-state index < -0.39 is 29.7 Å². The van der Waals surface area contributed by atoms with Crippen molar-refractivity contribution in [2.75, 3.05) is 18.0 Å². The van der Waals surface area contributed by atoms with E-state index in [0.717, 1.165) is 17.3 Å². The maximum Gasteiger partial charge on any atom is 0.419 e. The van der Waals surface area contributed by atoms with Gasteiger partial charge < -0.3 is 4.90 Å². The second kappa shape index (κ2) is 9.90. The van der Waals surface area contributed by atoms with Crippen LogP contribution < -0.4 is 4.90 Å². The molecule has 3 heterocycles. The Bertz CT molecular complexity index is 1410. The molecule has 1 saturated heterocycles. The number of halogens is 8. The first-order chi connectivity index (χ1) is 18.9. The largest absolute Gasteiger partial charge is 0.419 e. The molecule has 40 heavy (non-hydrogen) atoms. The molecule has 13 heteroatoms. The van der Waals surface area contributed by atoms with Crippen molar-refractivity contribution in [1.82, 2.24) is 19.7 Å². The van der Waals surface area contributed by atoms with E-state index in [1.165, 1.54) is 12.1 Å². The Kier molecular flexibility index (Phi) is 6.76. The molecule has 1 aromatic heterocycles. The Balaban J connectivity index is 1.25. The lowest BCUT2D eigenvalue weighted by molar-refractivity contribution is -0.207. The molecule has 0 N–H and O–H groups in total. The summed E-state index contributed by atoms with van der Waals surface area (Å²) in [4.78, 5) is 3.61. The molecule has 0 amide bonds. The number of nitrogens with zero attached hydrogens (tertiary/aromatic N) is 5. The second-order valence-corrected chi connectivity index (χ2v) is 11.2. The zero-order valence-corrected chi connectivity index (χ0v) is 21.9. The van der Waals surface area contributed by atoms with Crippen molar-refractivity contribution in [3.8, 4) is 5.69 Å². The highest BCUT2D eigenvalue weighted by Gasteiger charge is 2.50. The highest BCUT2D eigenvalue weighted by Crippen LogP contribution is 2.45. The number of alkyl halides is 6. The number of hydrogen-bond acceptors (Lipinski definition) is 4. The minimum absolute atomic E-state index is 0.0327. The summed E-state index contributed by atoms with van der Waals surface area (Å²) in [7, 11) is 0. The van der Waals surface area contributed by atoms with Crippen molar-refractivity contribution in [3.63, 3.8) is 0 Å². The monoisotopic (exact) mass is 587 g/mol. The van der Waals surface area contributed by atoms with Crippen molar-refractivity contribution < 1.29 is 30.7 Å². The summed E-state index contributed by atoms with van der Waals surface area (Å²) in [6.45, 7) is 1.39. The number of hydrogen-bond donors (Lipinski definition) is 0. The molecule has 3 aromatic rings. The predicted octanol–water partition coefficient (Wildman–Crippen LogP) is 7.12. The maximum absolute atomic E-state index is 14.8. The number of benzene rings is 2. The third-order valence-electron chi connectivity index (χ3n) is 8.33. The van der Waals surface area contributed by atoms with Crippen LogP contribution in [0.15, 0.2) is 36.4 Å². The molecule has 2 fully saturated rings. The van der Waals surface area contributed by atoms with Crippen molar-refractivity contribution in [1.29, 1.82) is 0 Å². The molecule has 5 nitrogen and oxygen atoms in total. The van der Waals surface area contributed by atoms with Crippen LogP contribution in [0.2, 0.25) is 5.02 Å². The first kappa shape index (κ1) is 27.3. The molecule has 0 bridgehead atoms. The van der Waals surface area contributed by atoms with Crippen LogP contribution in [-0.4, -0.2) is 45.0 Å². The van der Waals surface area contributed by atoms with Crippen LogP contribution in [0.3, 0.4) is 0 Å². The fraction of sp³-hybridized carbons (Fsp3) is 0.481. The fourth-order valence-electron chi connectivity index (χ4n) is 6.09. The summed E-state index contributed by atoms with van der Waals surface area (Å²) in [5.41, 5.74) is 0.288. The summed E-state index contributed by atoms with van der Waals surface area (Å²) in [6, 6.07) is 8.45. The van der Waals surface area contributed by atoms with Gasteiger partial charge in [-0.2, -0.15) is 26.3 Å². The smallest absolute Gasteiger partial charge is 0.369 e. The summed E-state index contributed by atoms with van der Waals surface area (Å²) < 4.78 is 95.8. The third-order valence-corrected chi connectivity index (χ3v) is 8.57. The van der Waals surface area contributed by atoms with Gasteiger partial charge >= 0.3 is 12.4 Å². The Labute approximate surface area is 230 Å². The number of fused-ring (bicyclic) bond motifs is 3. The zero-order chi connectivity index (χ0) is 28.4. The normalized spacial score (nSPS) is 22.4. The van der Waals surface area contributed by atoms with Crippen LogP contribution >= 0.6 is 11.6 Å². The van der Waals surface area contributed by atoms with Gasteiger partial charge in [0.05, 0.1) is 29.4 Å². The van der Waals surface area contributed by atoms with Gasteiger partial charge in [0.1, 0.15) is 5.82 Å². The lowest BCUT2D eigenvalue weighted by atomic mass is 9.78. The quantitative estimate of drug-likeness (QED) is 0.306. The summed E-state index contributed by atoms with van der Waals surface area (Å²) in [5, 5.41) is 9.40. The van der Waals surface area contributed by atoms with Crippen molar-refractivity contribution in [2.45, 2.75) is 63.1 Å². The number of aromatic nitrogens is 3. The summed E-state index contributed by atoms with van der Waals surface area (Å²) in [6.07, 6.45) is -7.90. The fourth-order valence-corrected chi connectivity index (χ4v) is 6.28. The highest BCUT2D eigenvalue weighted by molar-refractivity contribution is 6.30. The topological polar surface area (TPSA) is 37.2 Å². The van der Waals surface area contributed by atoms with Crippen LogP contribution in [0.1, 0.15) is 54.4 Å². The maximum atomic E-state index is 14.8. The van der Waals surface area contributed by atoms with Gasteiger partial charge in [0, 0.05) is 36.6 Å². The zero-order valence-electron chi connectivity index (χ0n) is 21.1. The van der Waals surface area contributed by atoms with Gasteiger partial charge in [0.15, 0.2) is 11.6 Å². The van der Waals surface area contributed by atoms with E-state index in [-0.39, 0.29) is 30.5 Å². The van der Waals surface area contributed by atoms with Crippen LogP contribution in [0, 0.1) is 11.7 Å². The summed E-state index contributed by atoms with van der Waals surface area (Å²) in [5.74, 6) is -1.40. The van der Waals surface area contributed by atoms with Gasteiger partial charge in [0.25, 0.3) is 0 Å². The van der Waals surface area contributed by atoms with Gasteiger partial charge in [-0.3, -0.25) is 9.47 Å². The molecule has 2 aromatic carbocycles. The minimum atomic E-state index is -4.78. The molecular formula is C27H25ClF7N5. The van der Waals surface area contributed by atoms with E-state index in [9.17, 15) is 30.7 Å². The highest BCUT2D eigenvalue weighted by atomic mass is 35.5. The number of rotatable bonds is 3. The van der Waals surface area contributed by atoms with Gasteiger partial charge in [-0.15, -0.1) is 10.2 Å². The Morgan fingerprint density at radius 1 is 0.875 bits per heavy atom. The molecule has 6 rings (SSSR count). The van der Waals surface area contributed by atoms with Gasteiger partial charge in [0.2, 0.25) is 0 Å². The average Bonchev–Trinajstić information content (AvgIpc) is 3.18. The van der Waals surface area contributed by atoms with E-state index in [4.69, 9.17) is 11.6 Å². The molecule has 0 spiro atoms. The van der Waals surface area contributed by atoms with Crippen LogP contribution in [0.4, 0.5) is 36.4 Å². The number of anilines is 1. The van der Waals surface area contributed by atoms with Crippen molar-refractivity contribution >= 4 is 17.3 Å². The van der Waals surface area contributed by atoms with Gasteiger partial charge in [-0.1, -0.05) is 17.7 Å². The lowest BCUT2D eigenvalue weighted by Gasteiger charge is -2.43. The van der Waals surface area contributed by atoms with E-state index in [1.807, 2.05) is 21.6 Å². The Morgan fingerprint density at radius 3 is 2.27 bits per heavy atom. The van der Waals surface area contributed by atoms with E-state index in [0.29, 0.717) is 55.7 Å². The summed E-state index contributed by atoms with van der Waals surface area (Å²) >= 11 is 6.29. The third kappa shape index (κ3) is 4.93. The SMILES string of the molecule is Fc1c(N2CCC(c3nnc4n3-c3ccc(Cl)cc3CN(C3CC(C(F)(F)F)C3)C4)CC2)cccc1C(F)(F)F. The van der Waals surface area contributed by atoms with E-state index >= 15 is 0 Å². The molecule has 3 aliphatic rings.